The molecule has 0 aromatic rings. The Labute approximate surface area is 108 Å². The Morgan fingerprint density at radius 3 is 2.27 bits per heavy atom. The molecule has 0 aromatic heterocycles. The summed E-state index contributed by atoms with van der Waals surface area (Å²) in [4.78, 5) is 3.82. The molecule has 0 aliphatic rings. The molecule has 0 amide bonds. The van der Waals surface area contributed by atoms with Gasteiger partial charge in [0.25, 0.3) is 0 Å². The Morgan fingerprint density at radius 1 is 1.45 bits per heavy atom. The summed E-state index contributed by atoms with van der Waals surface area (Å²) in [5, 5.41) is 10.5. The van der Waals surface area contributed by atoms with E-state index in [0.29, 0.717) is 12.6 Å². The fraction of sp³-hybridized carbons (Fsp3) is 0.800. The third-order valence-electron chi connectivity index (χ3n) is 0.819. The van der Waals surface area contributed by atoms with Crippen molar-refractivity contribution in [3.05, 3.63) is 10.6 Å². The van der Waals surface area contributed by atoms with E-state index in [-0.39, 0.29) is 53.8 Å². The molecule has 1 radical (unpaired) electrons. The Morgan fingerprint density at radius 2 is 2.00 bits per heavy atom. The summed E-state index contributed by atoms with van der Waals surface area (Å²) in [5.74, 6) is 0.639. The van der Waals surface area contributed by atoms with Crippen LogP contribution in [0.4, 0.5) is 0 Å². The molecule has 0 bridgehead atoms. The van der Waals surface area contributed by atoms with E-state index in [1.165, 1.54) is 0 Å². The van der Waals surface area contributed by atoms with E-state index in [0.717, 1.165) is 0 Å². The van der Waals surface area contributed by atoms with Crippen molar-refractivity contribution in [3.8, 4) is 0 Å². The Hall–Kier alpha value is 1.02. The molecule has 1 N–H and O–H groups in total. The summed E-state index contributed by atoms with van der Waals surface area (Å²) in [6.45, 7) is 0.573. The van der Waals surface area contributed by atoms with Crippen molar-refractivity contribution >= 4 is 5.96 Å². The molecular formula is C5H12N4WY-2. The number of hydrogen-bond donors (Lipinski definition) is 1. The van der Waals surface area contributed by atoms with Gasteiger partial charge in [-0.2, -0.15) is 7.05 Å². The molecule has 0 atom stereocenters. The number of nitrogens with zero attached hydrogens (tertiary/aromatic N) is 3. The maximum atomic E-state index is 3.82. The van der Waals surface area contributed by atoms with E-state index in [2.05, 4.69) is 20.9 Å². The summed E-state index contributed by atoms with van der Waals surface area (Å²) in [5.41, 5.74) is 0. The molecule has 0 saturated carbocycles. The molecule has 0 aliphatic carbocycles. The van der Waals surface area contributed by atoms with E-state index >= 15 is 0 Å². The van der Waals surface area contributed by atoms with E-state index in [1.54, 1.807) is 21.1 Å². The second-order valence-corrected chi connectivity index (χ2v) is 1.42. The Bertz CT molecular complexity index is 98.5. The predicted octanol–water partition coefficient (Wildman–Crippen LogP) is 0.521. The predicted molar refractivity (Wildman–Crippen MR) is 39.9 cm³/mol. The number of nitrogens with one attached hydrogen (secondary N) is 1. The summed E-state index contributed by atoms with van der Waals surface area (Å²) in [7, 11) is 5.10. The molecule has 63 valence electrons. The monoisotopic (exact) mass is 401 g/mol. The fourth-order valence-electron chi connectivity index (χ4n) is 0.408. The van der Waals surface area contributed by atoms with Gasteiger partial charge in [-0.15, -0.1) is 6.67 Å². The number of hydrogen-bond acceptors (Lipinski definition) is 1. The number of rotatable bonds is 2. The van der Waals surface area contributed by atoms with E-state index < -0.39 is 0 Å². The third kappa shape index (κ3) is 11.0. The Balaban J connectivity index is -0.000000320. The molecule has 6 heteroatoms. The molecule has 0 rings (SSSR count). The van der Waals surface area contributed by atoms with Gasteiger partial charge in [0.15, 0.2) is 0 Å². The van der Waals surface area contributed by atoms with Gasteiger partial charge in [0.1, 0.15) is 0 Å². The molecule has 0 saturated heterocycles. The normalized spacial score (nSPS) is 9.18. The largest absolute Gasteiger partial charge is 0.660 e. The van der Waals surface area contributed by atoms with Gasteiger partial charge in [0, 0.05) is 59.7 Å². The maximum absolute atomic E-state index is 3.82. The molecule has 0 unspecified atom stereocenters. The van der Waals surface area contributed by atoms with E-state index in [4.69, 9.17) is 0 Å². The van der Waals surface area contributed by atoms with Crippen LogP contribution in [-0.2, 0) is 53.8 Å². The number of aliphatic imine (C=N–C) groups is 1. The second kappa shape index (κ2) is 13.6. The summed E-state index contributed by atoms with van der Waals surface area (Å²) in [6.07, 6.45) is 0. The van der Waals surface area contributed by atoms with Crippen LogP contribution in [0.3, 0.4) is 0 Å². The van der Waals surface area contributed by atoms with Crippen molar-refractivity contribution in [3.63, 3.8) is 0 Å². The van der Waals surface area contributed by atoms with Crippen LogP contribution in [0.2, 0.25) is 0 Å². The van der Waals surface area contributed by atoms with Crippen LogP contribution >= 0.6 is 0 Å². The zero-order valence-corrected chi connectivity index (χ0v) is 12.8. The topological polar surface area (TPSA) is 52.6 Å². The van der Waals surface area contributed by atoms with Crippen molar-refractivity contribution in [1.29, 1.82) is 0 Å². The first-order valence-electron chi connectivity index (χ1n) is 2.71. The maximum Gasteiger partial charge on any atom is 0.00404 e. The van der Waals surface area contributed by atoms with Crippen LogP contribution in [0.5, 0.6) is 0 Å². The molecule has 0 fully saturated rings. The van der Waals surface area contributed by atoms with Gasteiger partial charge in [0.05, 0.1) is 0 Å². The molecular weight excluding hydrogens is 389 g/mol. The quantitative estimate of drug-likeness (QED) is 0.533. The summed E-state index contributed by atoms with van der Waals surface area (Å²) in [6, 6.07) is 0. The minimum Gasteiger partial charge on any atom is -0.660 e. The van der Waals surface area contributed by atoms with Gasteiger partial charge < -0.3 is 20.9 Å². The van der Waals surface area contributed by atoms with Crippen molar-refractivity contribution in [1.82, 2.24) is 5.32 Å². The van der Waals surface area contributed by atoms with Crippen molar-refractivity contribution in [2.75, 3.05) is 27.8 Å². The van der Waals surface area contributed by atoms with Crippen LogP contribution in [0, 0.1) is 0 Å². The zero-order chi connectivity index (χ0) is 7.11. The zero-order valence-electron chi connectivity index (χ0n) is 7.03. The van der Waals surface area contributed by atoms with Gasteiger partial charge in [-0.05, 0) is 14.1 Å². The first-order chi connectivity index (χ1) is 4.35. The van der Waals surface area contributed by atoms with Crippen molar-refractivity contribution < 1.29 is 53.8 Å². The SMILES string of the molecule is CN=C([N-]C)NC[N-]C.[W].[Y]. The van der Waals surface area contributed by atoms with Crippen molar-refractivity contribution in [2.45, 2.75) is 0 Å². The summed E-state index contributed by atoms with van der Waals surface area (Å²) >= 11 is 0. The minimum atomic E-state index is 0. The molecule has 4 nitrogen and oxygen atoms in total. The van der Waals surface area contributed by atoms with E-state index in [1.807, 2.05) is 0 Å². The standard InChI is InChI=1S/C5H12N4.W.Y/c1-6-4-9-5(7-2)8-3;;/h4H2,1-3H3,(H-,7,8,9);;/q-2;;. The van der Waals surface area contributed by atoms with Gasteiger partial charge in [0.2, 0.25) is 0 Å². The molecule has 0 aliphatic heterocycles. The molecule has 11 heavy (non-hydrogen) atoms. The van der Waals surface area contributed by atoms with E-state index in [9.17, 15) is 0 Å². The average molecular weight is 401 g/mol. The van der Waals surface area contributed by atoms with Crippen LogP contribution in [-0.4, -0.2) is 33.8 Å². The Kier molecular flexibility index (Phi) is 22.2. The first-order valence-corrected chi connectivity index (χ1v) is 2.71. The second-order valence-electron chi connectivity index (χ2n) is 1.42. The smallest absolute Gasteiger partial charge is 0.00404 e. The van der Waals surface area contributed by atoms with Gasteiger partial charge in [-0.25, -0.2) is 0 Å². The number of guanidine groups is 1. The van der Waals surface area contributed by atoms with Crippen LogP contribution < -0.4 is 5.32 Å². The first kappa shape index (κ1) is 17.9. The van der Waals surface area contributed by atoms with Crippen molar-refractivity contribution in [2.24, 2.45) is 4.99 Å². The fourth-order valence-corrected chi connectivity index (χ4v) is 0.408. The molecule has 0 aromatic carbocycles. The van der Waals surface area contributed by atoms with Crippen LogP contribution in [0.25, 0.3) is 10.6 Å². The third-order valence-corrected chi connectivity index (χ3v) is 0.819. The van der Waals surface area contributed by atoms with Crippen LogP contribution in [0.15, 0.2) is 4.99 Å². The molecule has 0 spiro atoms. The van der Waals surface area contributed by atoms with Gasteiger partial charge >= 0.3 is 0 Å². The average Bonchev–Trinajstić information content (AvgIpc) is 1.91. The summed E-state index contributed by atoms with van der Waals surface area (Å²) < 4.78 is 0. The van der Waals surface area contributed by atoms with Gasteiger partial charge in [-0.3, -0.25) is 0 Å². The van der Waals surface area contributed by atoms with Crippen LogP contribution in [0.1, 0.15) is 0 Å². The molecule has 0 heterocycles. The minimum absolute atomic E-state index is 0. The van der Waals surface area contributed by atoms with Gasteiger partial charge in [-0.1, -0.05) is 0 Å².